The molecule has 1 saturated carbocycles. The highest BCUT2D eigenvalue weighted by molar-refractivity contribution is 7.89. The van der Waals surface area contributed by atoms with Crippen molar-refractivity contribution in [3.05, 3.63) is 28.8 Å². The smallest absolute Gasteiger partial charge is 0.207 e. The molecule has 0 amide bonds. The molecule has 0 unspecified atom stereocenters. The van der Waals surface area contributed by atoms with Crippen molar-refractivity contribution in [2.24, 2.45) is 0 Å². The molecule has 0 bridgehead atoms. The second-order valence-electron chi connectivity index (χ2n) is 4.85. The van der Waals surface area contributed by atoms with E-state index in [0.29, 0.717) is 10.6 Å². The van der Waals surface area contributed by atoms with Gasteiger partial charge in [-0.1, -0.05) is 24.4 Å². The van der Waals surface area contributed by atoms with Gasteiger partial charge in [-0.3, -0.25) is 0 Å². The minimum Gasteiger partial charge on any atom is -0.207 e. The molecule has 0 N–H and O–H groups in total. The maximum atomic E-state index is 12.5. The highest BCUT2D eigenvalue weighted by Crippen LogP contribution is 2.29. The lowest BCUT2D eigenvalue weighted by Gasteiger charge is -2.23. The maximum Gasteiger partial charge on any atom is 0.243 e. The van der Waals surface area contributed by atoms with Crippen molar-refractivity contribution in [2.45, 2.75) is 42.5 Å². The van der Waals surface area contributed by atoms with Crippen molar-refractivity contribution in [2.75, 3.05) is 7.05 Å². The van der Waals surface area contributed by atoms with Crippen LogP contribution in [0, 0.1) is 0 Å². The van der Waals surface area contributed by atoms with Crippen LogP contribution in [0.15, 0.2) is 23.1 Å². The summed E-state index contributed by atoms with van der Waals surface area (Å²) in [5.74, 6) is 0.204. The van der Waals surface area contributed by atoms with Crippen LogP contribution in [0.5, 0.6) is 0 Å². The molecule has 0 aromatic heterocycles. The lowest BCUT2D eigenvalue weighted by molar-refractivity contribution is 0.373. The quantitative estimate of drug-likeness (QED) is 0.794. The Morgan fingerprint density at radius 1 is 1.32 bits per heavy atom. The van der Waals surface area contributed by atoms with Gasteiger partial charge in [0.1, 0.15) is 0 Å². The van der Waals surface area contributed by atoms with E-state index in [1.807, 2.05) is 0 Å². The average molecular weight is 322 g/mol. The van der Waals surface area contributed by atoms with Crippen molar-refractivity contribution >= 4 is 33.2 Å². The van der Waals surface area contributed by atoms with Gasteiger partial charge in [-0.15, -0.1) is 11.6 Å². The summed E-state index contributed by atoms with van der Waals surface area (Å²) < 4.78 is 26.6. The molecule has 0 spiro atoms. The first kappa shape index (κ1) is 15.1. The van der Waals surface area contributed by atoms with Gasteiger partial charge >= 0.3 is 0 Å². The standard InChI is InChI=1S/C13H17Cl2NO2S/c1-16(11-4-2-3-5-11)19(17,18)12-6-7-13(15)10(8-12)9-14/h6-8,11H,2-5,9H2,1H3. The number of benzene rings is 1. The maximum absolute atomic E-state index is 12.5. The molecule has 0 atom stereocenters. The Morgan fingerprint density at radius 2 is 1.95 bits per heavy atom. The Hall–Kier alpha value is -0.290. The molecule has 1 fully saturated rings. The van der Waals surface area contributed by atoms with Crippen LogP contribution in [-0.2, 0) is 15.9 Å². The fourth-order valence-corrected chi connectivity index (χ4v) is 4.39. The summed E-state index contributed by atoms with van der Waals surface area (Å²) in [4.78, 5) is 0.266. The van der Waals surface area contributed by atoms with Crippen LogP contribution in [-0.4, -0.2) is 25.8 Å². The monoisotopic (exact) mass is 321 g/mol. The van der Waals surface area contributed by atoms with E-state index in [4.69, 9.17) is 23.2 Å². The fraction of sp³-hybridized carbons (Fsp3) is 0.538. The predicted octanol–water partition coefficient (Wildman–Crippen LogP) is 3.64. The van der Waals surface area contributed by atoms with Gasteiger partial charge in [0, 0.05) is 24.0 Å². The highest BCUT2D eigenvalue weighted by Gasteiger charge is 2.30. The molecule has 1 aliphatic rings. The molecule has 0 aliphatic heterocycles. The first-order chi connectivity index (χ1) is 8.96. The van der Waals surface area contributed by atoms with Gasteiger partial charge in [-0.2, -0.15) is 4.31 Å². The summed E-state index contributed by atoms with van der Waals surface area (Å²) >= 11 is 11.7. The van der Waals surface area contributed by atoms with Crippen LogP contribution in [0.3, 0.4) is 0 Å². The summed E-state index contributed by atoms with van der Waals surface area (Å²) in [5.41, 5.74) is 0.643. The van der Waals surface area contributed by atoms with Crippen LogP contribution in [0.1, 0.15) is 31.2 Å². The minimum absolute atomic E-state index is 0.111. The van der Waals surface area contributed by atoms with E-state index in [1.54, 1.807) is 25.2 Å². The Labute approximate surface area is 124 Å². The van der Waals surface area contributed by atoms with Crippen LogP contribution in [0.4, 0.5) is 0 Å². The van der Waals surface area contributed by atoms with Crippen LogP contribution in [0.2, 0.25) is 5.02 Å². The lowest BCUT2D eigenvalue weighted by Crippen LogP contribution is -2.35. The molecule has 6 heteroatoms. The van der Waals surface area contributed by atoms with Crippen LogP contribution < -0.4 is 0 Å². The Kier molecular flexibility index (Phi) is 4.77. The molecular formula is C13H17Cl2NO2S. The molecule has 19 heavy (non-hydrogen) atoms. The number of sulfonamides is 1. The minimum atomic E-state index is -3.46. The average Bonchev–Trinajstić information content (AvgIpc) is 2.91. The van der Waals surface area contributed by atoms with Gasteiger partial charge < -0.3 is 0 Å². The van der Waals surface area contributed by atoms with Gasteiger partial charge in [0.15, 0.2) is 0 Å². The Bertz CT molecular complexity index is 554. The molecule has 0 saturated heterocycles. The van der Waals surface area contributed by atoms with E-state index in [1.165, 1.54) is 4.31 Å². The molecular weight excluding hydrogens is 305 g/mol. The van der Waals surface area contributed by atoms with Crippen molar-refractivity contribution in [3.63, 3.8) is 0 Å². The largest absolute Gasteiger partial charge is 0.243 e. The third-order valence-electron chi connectivity index (χ3n) is 3.68. The predicted molar refractivity (Wildman–Crippen MR) is 78.2 cm³/mol. The molecule has 1 aliphatic carbocycles. The molecule has 1 aromatic carbocycles. The van der Waals surface area contributed by atoms with Crippen molar-refractivity contribution in [1.82, 2.24) is 4.31 Å². The second-order valence-corrected chi connectivity index (χ2v) is 7.52. The molecule has 0 heterocycles. The molecule has 0 radical (unpaired) electrons. The van der Waals surface area contributed by atoms with Crippen molar-refractivity contribution in [1.29, 1.82) is 0 Å². The molecule has 3 nitrogen and oxygen atoms in total. The summed E-state index contributed by atoms with van der Waals surface area (Å²) in [6, 6.07) is 4.81. The summed E-state index contributed by atoms with van der Waals surface area (Å²) in [6.45, 7) is 0. The number of rotatable bonds is 4. The molecule has 2 rings (SSSR count). The van der Waals surface area contributed by atoms with Gasteiger partial charge in [0.25, 0.3) is 0 Å². The van der Waals surface area contributed by atoms with E-state index in [-0.39, 0.29) is 16.8 Å². The third-order valence-corrected chi connectivity index (χ3v) is 6.24. The fourth-order valence-electron chi connectivity index (χ4n) is 2.44. The number of halogens is 2. The van der Waals surface area contributed by atoms with Gasteiger partial charge in [0.05, 0.1) is 4.90 Å². The lowest BCUT2D eigenvalue weighted by atomic mass is 10.2. The van der Waals surface area contributed by atoms with E-state index in [0.717, 1.165) is 25.7 Å². The SMILES string of the molecule is CN(C1CCCC1)S(=O)(=O)c1ccc(Cl)c(CCl)c1. The topological polar surface area (TPSA) is 37.4 Å². The zero-order chi connectivity index (χ0) is 14.0. The molecule has 1 aromatic rings. The number of alkyl halides is 1. The van der Waals surface area contributed by atoms with Gasteiger partial charge in [0.2, 0.25) is 10.0 Å². The Balaban J connectivity index is 2.33. The van der Waals surface area contributed by atoms with Crippen LogP contribution in [0.25, 0.3) is 0 Å². The summed E-state index contributed by atoms with van der Waals surface area (Å²) in [6.07, 6.45) is 4.06. The summed E-state index contributed by atoms with van der Waals surface area (Å²) in [5, 5.41) is 0.498. The van der Waals surface area contributed by atoms with Crippen molar-refractivity contribution < 1.29 is 8.42 Å². The van der Waals surface area contributed by atoms with E-state index < -0.39 is 10.0 Å². The second kappa shape index (κ2) is 6.00. The number of hydrogen-bond donors (Lipinski definition) is 0. The normalized spacial score (nSPS) is 17.3. The first-order valence-electron chi connectivity index (χ1n) is 6.29. The number of hydrogen-bond acceptors (Lipinski definition) is 2. The highest BCUT2D eigenvalue weighted by atomic mass is 35.5. The van der Waals surface area contributed by atoms with Gasteiger partial charge in [-0.25, -0.2) is 8.42 Å². The van der Waals surface area contributed by atoms with E-state index >= 15 is 0 Å². The van der Waals surface area contributed by atoms with Gasteiger partial charge in [-0.05, 0) is 36.6 Å². The third kappa shape index (κ3) is 3.07. The number of nitrogens with zero attached hydrogens (tertiary/aromatic N) is 1. The summed E-state index contributed by atoms with van der Waals surface area (Å²) in [7, 11) is -1.80. The van der Waals surface area contributed by atoms with E-state index in [2.05, 4.69) is 0 Å². The van der Waals surface area contributed by atoms with E-state index in [9.17, 15) is 8.42 Å². The van der Waals surface area contributed by atoms with Crippen molar-refractivity contribution in [3.8, 4) is 0 Å². The zero-order valence-electron chi connectivity index (χ0n) is 10.8. The molecule has 106 valence electrons. The zero-order valence-corrected chi connectivity index (χ0v) is 13.1. The Morgan fingerprint density at radius 3 is 2.53 bits per heavy atom. The first-order valence-corrected chi connectivity index (χ1v) is 8.64. The van der Waals surface area contributed by atoms with Crippen LogP contribution >= 0.6 is 23.2 Å².